The highest BCUT2D eigenvalue weighted by atomic mass is 16.5. The van der Waals surface area contributed by atoms with Gasteiger partial charge >= 0.3 is 5.97 Å². The van der Waals surface area contributed by atoms with Gasteiger partial charge in [0.05, 0.1) is 13.0 Å². The molecule has 1 aromatic carbocycles. The molecule has 3 rings (SSSR count). The zero-order chi connectivity index (χ0) is 21.7. The van der Waals surface area contributed by atoms with Crippen LogP contribution in [0.3, 0.4) is 0 Å². The molecule has 1 N–H and O–H groups in total. The van der Waals surface area contributed by atoms with Crippen LogP contribution in [0.2, 0.25) is 0 Å². The van der Waals surface area contributed by atoms with Crippen molar-refractivity contribution in [2.45, 2.75) is 52.1 Å². The van der Waals surface area contributed by atoms with Crippen molar-refractivity contribution in [2.24, 2.45) is 17.8 Å². The van der Waals surface area contributed by atoms with Crippen molar-refractivity contribution in [1.82, 2.24) is 10.2 Å². The third-order valence-electron chi connectivity index (χ3n) is 6.57. The van der Waals surface area contributed by atoms with Crippen LogP contribution < -0.4 is 10.1 Å². The van der Waals surface area contributed by atoms with Gasteiger partial charge < -0.3 is 19.7 Å². The Balaban J connectivity index is 1.46. The van der Waals surface area contributed by atoms with Crippen LogP contribution in [0.5, 0.6) is 5.75 Å². The number of carbonyl (C=O) groups is 3. The van der Waals surface area contributed by atoms with Crippen molar-refractivity contribution in [3.8, 4) is 5.75 Å². The Hall–Kier alpha value is -2.57. The van der Waals surface area contributed by atoms with Crippen LogP contribution in [0.25, 0.3) is 0 Å². The van der Waals surface area contributed by atoms with Crippen LogP contribution in [-0.4, -0.2) is 49.0 Å². The maximum atomic E-state index is 12.5. The lowest BCUT2D eigenvalue weighted by Gasteiger charge is -2.39. The van der Waals surface area contributed by atoms with Gasteiger partial charge in [0, 0.05) is 31.1 Å². The number of nitrogens with one attached hydrogen (secondary N) is 1. The Bertz CT molecular complexity index is 781. The van der Waals surface area contributed by atoms with Gasteiger partial charge in [0.1, 0.15) is 5.75 Å². The quantitative estimate of drug-likeness (QED) is 0.691. The smallest absolute Gasteiger partial charge is 0.311 e. The molecule has 7 heteroatoms. The van der Waals surface area contributed by atoms with Gasteiger partial charge in [0.15, 0.2) is 6.61 Å². The Morgan fingerprint density at radius 1 is 1.20 bits per heavy atom. The highest BCUT2D eigenvalue weighted by Gasteiger charge is 2.42. The minimum absolute atomic E-state index is 0.0172. The molecule has 7 nitrogen and oxygen atoms in total. The summed E-state index contributed by atoms with van der Waals surface area (Å²) in [5.41, 5.74) is 0.840. The average Bonchev–Trinajstić information content (AvgIpc) is 3.14. The lowest BCUT2D eigenvalue weighted by molar-refractivity contribution is -0.152. The summed E-state index contributed by atoms with van der Waals surface area (Å²) < 4.78 is 10.5. The summed E-state index contributed by atoms with van der Waals surface area (Å²) in [6.45, 7) is 4.75. The lowest BCUT2D eigenvalue weighted by atomic mass is 9.77. The van der Waals surface area contributed by atoms with E-state index in [0.717, 1.165) is 18.4 Å². The van der Waals surface area contributed by atoms with Gasteiger partial charge in [0.2, 0.25) is 5.91 Å². The maximum Gasteiger partial charge on any atom is 0.311 e. The third-order valence-corrected chi connectivity index (χ3v) is 6.57. The molecular formula is C23H32N2O5. The molecule has 0 aromatic heterocycles. The Labute approximate surface area is 178 Å². The molecule has 1 saturated heterocycles. The largest absolute Gasteiger partial charge is 0.496 e. The third kappa shape index (κ3) is 5.12. The monoisotopic (exact) mass is 416 g/mol. The number of benzene rings is 1. The first kappa shape index (κ1) is 22.1. The summed E-state index contributed by atoms with van der Waals surface area (Å²) in [5, 5.41) is 2.73. The van der Waals surface area contributed by atoms with Crippen LogP contribution in [0, 0.1) is 17.8 Å². The van der Waals surface area contributed by atoms with E-state index < -0.39 is 11.9 Å². The van der Waals surface area contributed by atoms with Crippen LogP contribution in [-0.2, 0) is 25.7 Å². The number of nitrogens with zero attached hydrogens (tertiary/aromatic N) is 1. The first-order chi connectivity index (χ1) is 14.4. The van der Waals surface area contributed by atoms with E-state index >= 15 is 0 Å². The normalized spacial score (nSPS) is 26.4. The summed E-state index contributed by atoms with van der Waals surface area (Å²) >= 11 is 0. The number of ether oxygens (including phenoxy) is 2. The van der Waals surface area contributed by atoms with Gasteiger partial charge in [-0.3, -0.25) is 14.4 Å². The fraction of sp³-hybridized carbons (Fsp3) is 0.609. The van der Waals surface area contributed by atoms with Crippen LogP contribution >= 0.6 is 0 Å². The molecule has 2 aliphatic rings. The van der Waals surface area contributed by atoms with E-state index in [4.69, 9.17) is 9.47 Å². The summed E-state index contributed by atoms with van der Waals surface area (Å²) in [6.07, 6.45) is 3.46. The van der Waals surface area contributed by atoms with E-state index in [9.17, 15) is 14.4 Å². The SMILES string of the molecule is COc1ccccc1CNC(=O)COC(=O)[C@@H]1CC(=O)N([C@H]2CCC[C@@H](C)[C@H]2C)C1. The zero-order valence-electron chi connectivity index (χ0n) is 18.1. The van der Waals surface area contributed by atoms with E-state index in [1.54, 1.807) is 7.11 Å². The summed E-state index contributed by atoms with van der Waals surface area (Å²) in [4.78, 5) is 38.9. The van der Waals surface area contributed by atoms with Crippen molar-refractivity contribution in [3.05, 3.63) is 29.8 Å². The van der Waals surface area contributed by atoms with Gasteiger partial charge in [-0.15, -0.1) is 0 Å². The first-order valence-corrected chi connectivity index (χ1v) is 10.8. The standard InChI is InChI=1S/C23H32N2O5/c1-15-7-6-9-19(16(15)2)25-13-18(11-22(25)27)23(28)30-14-21(26)24-12-17-8-4-5-10-20(17)29-3/h4-5,8,10,15-16,18-19H,6-7,9,11-14H2,1-3H3,(H,24,26)/t15-,16-,18-,19+/m1/s1. The molecule has 0 spiro atoms. The van der Waals surface area contributed by atoms with Gasteiger partial charge in [-0.25, -0.2) is 0 Å². The second-order valence-corrected chi connectivity index (χ2v) is 8.48. The number of para-hydroxylation sites is 1. The molecule has 1 aromatic rings. The molecule has 2 fully saturated rings. The molecule has 0 unspecified atom stereocenters. The van der Waals surface area contributed by atoms with Crippen molar-refractivity contribution in [1.29, 1.82) is 0 Å². The Kier molecular flexibility index (Phi) is 7.34. The van der Waals surface area contributed by atoms with Gasteiger partial charge in [-0.1, -0.05) is 44.9 Å². The average molecular weight is 417 g/mol. The summed E-state index contributed by atoms with van der Waals surface area (Å²) in [6, 6.07) is 7.59. The molecule has 30 heavy (non-hydrogen) atoms. The Morgan fingerprint density at radius 2 is 1.97 bits per heavy atom. The minimum atomic E-state index is -0.496. The van der Waals surface area contributed by atoms with Crippen molar-refractivity contribution in [2.75, 3.05) is 20.3 Å². The molecule has 1 aliphatic carbocycles. The molecule has 1 saturated carbocycles. The fourth-order valence-corrected chi connectivity index (χ4v) is 4.55. The number of likely N-dealkylation sites (tertiary alicyclic amines) is 1. The van der Waals surface area contributed by atoms with Crippen molar-refractivity contribution >= 4 is 17.8 Å². The van der Waals surface area contributed by atoms with E-state index in [1.165, 1.54) is 6.42 Å². The highest BCUT2D eigenvalue weighted by Crippen LogP contribution is 2.35. The van der Waals surface area contributed by atoms with E-state index in [0.29, 0.717) is 24.1 Å². The second kappa shape index (κ2) is 9.96. The van der Waals surface area contributed by atoms with Gasteiger partial charge in [-0.05, 0) is 24.3 Å². The zero-order valence-corrected chi connectivity index (χ0v) is 18.1. The second-order valence-electron chi connectivity index (χ2n) is 8.48. The first-order valence-electron chi connectivity index (χ1n) is 10.8. The summed E-state index contributed by atoms with van der Waals surface area (Å²) in [5.74, 6) is 0.353. The number of carbonyl (C=O) groups excluding carboxylic acids is 3. The summed E-state index contributed by atoms with van der Waals surface area (Å²) in [7, 11) is 1.57. The van der Waals surface area contributed by atoms with Crippen LogP contribution in [0.1, 0.15) is 45.1 Å². The molecule has 164 valence electrons. The molecule has 4 atom stereocenters. The lowest BCUT2D eigenvalue weighted by Crippen LogP contribution is -2.45. The van der Waals surface area contributed by atoms with Crippen molar-refractivity contribution in [3.63, 3.8) is 0 Å². The van der Waals surface area contributed by atoms with Crippen LogP contribution in [0.4, 0.5) is 0 Å². The Morgan fingerprint density at radius 3 is 2.73 bits per heavy atom. The number of rotatable bonds is 7. The fourth-order valence-electron chi connectivity index (χ4n) is 4.55. The number of hydrogen-bond acceptors (Lipinski definition) is 5. The van der Waals surface area contributed by atoms with Crippen molar-refractivity contribution < 1.29 is 23.9 Å². The predicted molar refractivity (Wildman–Crippen MR) is 112 cm³/mol. The molecule has 0 radical (unpaired) electrons. The van der Waals surface area contributed by atoms with E-state index in [1.807, 2.05) is 29.2 Å². The molecule has 1 aliphatic heterocycles. The number of methoxy groups -OCH3 is 1. The van der Waals surface area contributed by atoms with Gasteiger partial charge in [-0.2, -0.15) is 0 Å². The van der Waals surface area contributed by atoms with E-state index in [2.05, 4.69) is 19.2 Å². The number of amides is 2. The van der Waals surface area contributed by atoms with Crippen LogP contribution in [0.15, 0.2) is 24.3 Å². The number of esters is 1. The predicted octanol–water partition coefficient (Wildman–Crippen LogP) is 2.53. The minimum Gasteiger partial charge on any atom is -0.496 e. The molecule has 2 amide bonds. The highest BCUT2D eigenvalue weighted by molar-refractivity contribution is 5.88. The topological polar surface area (TPSA) is 84.9 Å². The number of hydrogen-bond donors (Lipinski definition) is 1. The van der Waals surface area contributed by atoms with E-state index in [-0.39, 0.29) is 37.4 Å². The maximum absolute atomic E-state index is 12.5. The molecule has 0 bridgehead atoms. The van der Waals surface area contributed by atoms with Gasteiger partial charge in [0.25, 0.3) is 5.91 Å². The molecule has 1 heterocycles. The molecular weight excluding hydrogens is 384 g/mol.